The Morgan fingerprint density at radius 2 is 0.343 bits per heavy atom. The van der Waals surface area contributed by atoms with Crippen molar-refractivity contribution in [1.29, 1.82) is 0 Å². The Morgan fingerprint density at radius 1 is 0.229 bits per heavy atom. The van der Waals surface area contributed by atoms with Crippen molar-refractivity contribution in [3.63, 3.8) is 0 Å². The zero-order valence-electron chi connectivity index (χ0n) is 26.5. The molecule has 6 bridgehead atoms. The second kappa shape index (κ2) is 5.78. The topological polar surface area (TPSA) is 0 Å². The summed E-state index contributed by atoms with van der Waals surface area (Å²) in [4.78, 5) is 0. The fourth-order valence-corrected chi connectivity index (χ4v) is 1770. The van der Waals surface area contributed by atoms with Crippen molar-refractivity contribution >= 4 is 120 Å². The number of hydrogen-bond donors (Lipinski definition) is 0. The summed E-state index contributed by atoms with van der Waals surface area (Å²) in [7, 11) is 1.03. The predicted molar refractivity (Wildman–Crippen MR) is 203 cm³/mol. The molecule has 0 aromatic heterocycles. The van der Waals surface area contributed by atoms with E-state index in [2.05, 4.69) is 118 Å². The van der Waals surface area contributed by atoms with Crippen LogP contribution in [0.1, 0.15) is 0 Å². The highest BCUT2D eigenvalue weighted by molar-refractivity contribution is 8.82. The van der Waals surface area contributed by atoms with E-state index in [4.69, 9.17) is 19.5 Å². The lowest BCUT2D eigenvalue weighted by Gasteiger charge is -3.17. The van der Waals surface area contributed by atoms with E-state index in [1.165, 1.54) is 0 Å². The molecule has 17 heteroatoms. The van der Waals surface area contributed by atoms with Crippen LogP contribution in [0.5, 0.6) is 0 Å². The second-order valence-electron chi connectivity index (χ2n) is 19.1. The summed E-state index contributed by atoms with van der Waals surface area (Å²) < 4.78 is 0. The molecule has 9 saturated heterocycles. The first-order valence-electron chi connectivity index (χ1n) is 14.5. The lowest BCUT2D eigenvalue weighted by atomic mass is 11.9. The molecule has 0 aliphatic carbocycles. The summed E-state index contributed by atoms with van der Waals surface area (Å²) in [5.41, 5.74) is 0. The van der Waals surface area contributed by atoms with Gasteiger partial charge in [0, 0.05) is 120 Å². The van der Waals surface area contributed by atoms with Gasteiger partial charge in [-0.25, -0.2) is 0 Å². The van der Waals surface area contributed by atoms with Gasteiger partial charge in [0.1, 0.15) is 0 Å². The quantitative estimate of drug-likeness (QED) is 0.375. The zero-order chi connectivity index (χ0) is 27.5. The van der Waals surface area contributed by atoms with Crippen molar-refractivity contribution in [2.24, 2.45) is 0 Å². The minimum absolute atomic E-state index is 0.978. The average Bonchev–Trinajstić information content (AvgIpc) is 2.65. The molecular formula is C18H54Si17. The van der Waals surface area contributed by atoms with Gasteiger partial charge in [-0.05, 0) is 0 Å². The van der Waals surface area contributed by atoms with Gasteiger partial charge in [0.25, 0.3) is 0 Å². The molecule has 0 amide bonds. The van der Waals surface area contributed by atoms with Crippen LogP contribution < -0.4 is 0 Å². The minimum atomic E-state index is -1.03. The van der Waals surface area contributed by atoms with E-state index in [1.807, 2.05) is 0 Å². The van der Waals surface area contributed by atoms with E-state index >= 15 is 0 Å². The van der Waals surface area contributed by atoms with Gasteiger partial charge in [0.2, 0.25) is 0 Å². The molecule has 6 radical (unpaired) electrons. The van der Waals surface area contributed by atoms with Gasteiger partial charge in [-0.2, -0.15) is 0 Å². The molecule has 35 heavy (non-hydrogen) atoms. The summed E-state index contributed by atoms with van der Waals surface area (Å²) in [6, 6.07) is 0. The van der Waals surface area contributed by atoms with Crippen LogP contribution in [0.3, 0.4) is 0 Å². The first-order valence-corrected chi connectivity index (χ1v) is 76.5. The van der Waals surface area contributed by atoms with Crippen LogP contribution in [0.2, 0.25) is 118 Å². The maximum Gasteiger partial charge on any atom is 0.0203 e. The van der Waals surface area contributed by atoms with E-state index in [0.717, 1.165) is 0 Å². The van der Waals surface area contributed by atoms with Gasteiger partial charge in [-0.3, -0.25) is 0 Å². The van der Waals surface area contributed by atoms with Crippen LogP contribution in [-0.2, 0) is 0 Å². The van der Waals surface area contributed by atoms with Crippen molar-refractivity contribution in [1.82, 2.24) is 0 Å². The van der Waals surface area contributed by atoms with Gasteiger partial charge >= 0.3 is 0 Å². The van der Waals surface area contributed by atoms with Gasteiger partial charge in [-0.15, -0.1) is 0 Å². The summed E-state index contributed by atoms with van der Waals surface area (Å²) in [5, 5.41) is 0. The van der Waals surface area contributed by atoms with Crippen molar-refractivity contribution < 1.29 is 0 Å². The third kappa shape index (κ3) is 1.42. The SMILES string of the molecule is C[Si]1(C)[Si]2([Si])[Si](C)(C)[Si]1([Si]13[Si](C)(C)[Si]([Si]45[Si](C)(C)[Si]([Si])([Si]4(C)C)[Si]5(C)C)([Si]1(C)C)[Si]3(C)C)[Si]2(C)C. The van der Waals surface area contributed by atoms with Gasteiger partial charge in [0.15, 0.2) is 0 Å². The van der Waals surface area contributed by atoms with Gasteiger partial charge < -0.3 is 0 Å². The molecule has 0 saturated carbocycles. The molecule has 9 aliphatic rings. The molecule has 9 fully saturated rings. The fraction of sp³-hybridized carbons (Fsp3) is 1.00. The molecule has 0 atom stereocenters. The smallest absolute Gasteiger partial charge is 0.0203 e. The molecule has 9 aliphatic heterocycles. The number of hydrogen-bond acceptors (Lipinski definition) is 0. The summed E-state index contributed by atoms with van der Waals surface area (Å²) >= 11 is 0. The molecule has 0 aromatic rings. The van der Waals surface area contributed by atoms with Crippen molar-refractivity contribution in [3.8, 4) is 0 Å². The third-order valence-electron chi connectivity index (χ3n) is 18.0. The largest absolute Gasteiger partial charge is 0.0743 e. The van der Waals surface area contributed by atoms with Crippen molar-refractivity contribution in [2.45, 2.75) is 118 Å². The van der Waals surface area contributed by atoms with Crippen LogP contribution in [0.15, 0.2) is 0 Å². The van der Waals surface area contributed by atoms with E-state index in [1.54, 1.807) is 0 Å². The number of rotatable bonds is 2. The first-order chi connectivity index (χ1) is 15.0. The Balaban J connectivity index is 1.70. The molecular weight excluding hydrogens is 694 g/mol. The maximum atomic E-state index is 4.99. The molecule has 0 nitrogen and oxygen atoms in total. The third-order valence-corrected chi connectivity index (χ3v) is 729. The van der Waals surface area contributed by atoms with Crippen LogP contribution in [0, 0.1) is 0 Å². The fourth-order valence-electron chi connectivity index (χ4n) is 21.7. The Bertz CT molecular complexity index is 941. The highest BCUT2D eigenvalue weighted by atomic mass is 31.1. The minimum Gasteiger partial charge on any atom is -0.0743 e. The molecule has 0 unspecified atom stereocenters. The standard InChI is InChI=1S/C18H54Si17/c1-21(2)30(19)22(3,4)32(21,23(30,5)6)34-27(13,14)35(28(34,15)16,29(34,17)18)33-24(7,8)31(20,25(33,9)10)26(33,11)12/h1-18H3. The molecule has 0 N–H and O–H groups in total. The van der Waals surface area contributed by atoms with Gasteiger partial charge in [0.05, 0.1) is 0 Å². The van der Waals surface area contributed by atoms with Crippen LogP contribution in [-0.4, -0.2) is 120 Å². The van der Waals surface area contributed by atoms with E-state index in [9.17, 15) is 0 Å². The zero-order valence-corrected chi connectivity index (χ0v) is 43.5. The second-order valence-corrected chi connectivity index (χ2v) is 246. The summed E-state index contributed by atoms with van der Waals surface area (Å²) in [5.74, 6) is 0. The lowest BCUT2D eigenvalue weighted by Crippen LogP contribution is -3.52. The van der Waals surface area contributed by atoms with Crippen LogP contribution in [0.4, 0.5) is 0 Å². The van der Waals surface area contributed by atoms with E-state index in [0.29, 0.717) is 0 Å². The van der Waals surface area contributed by atoms with E-state index < -0.39 is 101 Å². The maximum absolute atomic E-state index is 4.99. The lowest BCUT2D eigenvalue weighted by molar-refractivity contribution is 1.75. The van der Waals surface area contributed by atoms with Crippen LogP contribution in [0.25, 0.3) is 0 Å². The first kappa shape index (κ1) is 28.8. The normalized spacial score (nSPS) is 59.3. The average molecular weight is 748 g/mol. The van der Waals surface area contributed by atoms with Crippen molar-refractivity contribution in [3.05, 3.63) is 0 Å². The van der Waals surface area contributed by atoms with Gasteiger partial charge in [-0.1, -0.05) is 118 Å². The molecule has 194 valence electrons. The Hall–Kier alpha value is 3.69. The molecule has 9 heterocycles. The van der Waals surface area contributed by atoms with E-state index in [-0.39, 0.29) is 0 Å². The molecule has 9 rings (SSSR count). The summed E-state index contributed by atoms with van der Waals surface area (Å²) in [6.45, 7) is 57.0. The van der Waals surface area contributed by atoms with Crippen LogP contribution >= 0.6 is 0 Å². The Kier molecular flexibility index (Phi) is 4.75. The highest BCUT2D eigenvalue weighted by Gasteiger charge is 3.21. The van der Waals surface area contributed by atoms with Crippen molar-refractivity contribution in [2.75, 3.05) is 0 Å². The Labute approximate surface area is 235 Å². The molecule has 0 spiro atoms. The highest BCUT2D eigenvalue weighted by Crippen LogP contribution is 2.89. The molecule has 0 aromatic carbocycles. The Morgan fingerprint density at radius 3 is 0.486 bits per heavy atom. The predicted octanol–water partition coefficient (Wildman–Crippen LogP) is 4.03. The monoisotopic (exact) mass is 746 g/mol. The summed E-state index contributed by atoms with van der Waals surface area (Å²) in [6.07, 6.45) is -6.06.